The van der Waals surface area contributed by atoms with Crippen molar-refractivity contribution in [1.29, 1.82) is 5.26 Å². The molecule has 0 unspecified atom stereocenters. The number of nitrogens with zero attached hydrogens (tertiary/aromatic N) is 1. The van der Waals surface area contributed by atoms with Crippen LogP contribution in [0.2, 0.25) is 0 Å². The molecule has 0 radical (unpaired) electrons. The van der Waals surface area contributed by atoms with Gasteiger partial charge in [-0.2, -0.15) is 5.26 Å². The highest BCUT2D eigenvalue weighted by Gasteiger charge is 2.27. The Kier molecular flexibility index (Phi) is 6.08. The van der Waals surface area contributed by atoms with Crippen molar-refractivity contribution in [3.05, 3.63) is 35.4 Å². The second kappa shape index (κ2) is 7.78. The minimum absolute atomic E-state index is 0.000549. The Labute approximate surface area is 127 Å². The molecule has 2 atom stereocenters. The molecular weight excluding hydrogens is 288 g/mol. The number of nitriles is 1. The molecule has 1 aromatic rings. The van der Waals surface area contributed by atoms with Gasteiger partial charge >= 0.3 is 11.9 Å². The molecule has 22 heavy (non-hydrogen) atoms. The molecule has 116 valence electrons. The number of amides is 1. The van der Waals surface area contributed by atoms with E-state index in [-0.39, 0.29) is 17.5 Å². The quantitative estimate of drug-likeness (QED) is 0.763. The van der Waals surface area contributed by atoms with E-state index in [1.807, 2.05) is 6.07 Å². The minimum atomic E-state index is -1.22. The lowest BCUT2D eigenvalue weighted by atomic mass is 9.98. The summed E-state index contributed by atoms with van der Waals surface area (Å²) in [6.45, 7) is 1.56. The van der Waals surface area contributed by atoms with Crippen molar-refractivity contribution in [1.82, 2.24) is 5.32 Å². The molecule has 1 amide bonds. The molecule has 0 aromatic heterocycles. The second-order valence-corrected chi connectivity index (χ2v) is 4.70. The van der Waals surface area contributed by atoms with Crippen LogP contribution in [0.15, 0.2) is 24.3 Å². The average molecular weight is 304 g/mol. The summed E-state index contributed by atoms with van der Waals surface area (Å²) in [4.78, 5) is 34.8. The highest BCUT2D eigenvalue weighted by Crippen LogP contribution is 2.11. The largest absolute Gasteiger partial charge is 0.480 e. The van der Waals surface area contributed by atoms with Crippen molar-refractivity contribution in [3.8, 4) is 6.07 Å². The number of aliphatic carboxylic acids is 1. The third-order valence-corrected chi connectivity index (χ3v) is 3.08. The first kappa shape index (κ1) is 17.2. The van der Waals surface area contributed by atoms with Crippen LogP contribution in [-0.4, -0.2) is 36.1 Å². The van der Waals surface area contributed by atoms with Gasteiger partial charge in [0.05, 0.1) is 18.7 Å². The lowest BCUT2D eigenvalue weighted by molar-refractivity contribution is -0.140. The minimum Gasteiger partial charge on any atom is -0.480 e. The van der Waals surface area contributed by atoms with Crippen LogP contribution in [0.25, 0.3) is 0 Å². The zero-order valence-electron chi connectivity index (χ0n) is 12.2. The number of rotatable bonds is 6. The van der Waals surface area contributed by atoms with Gasteiger partial charge in [0.15, 0.2) is 0 Å². The summed E-state index contributed by atoms with van der Waals surface area (Å²) in [5.74, 6) is -3.00. The van der Waals surface area contributed by atoms with Gasteiger partial charge in [-0.15, -0.1) is 0 Å². The third-order valence-electron chi connectivity index (χ3n) is 3.08. The average Bonchev–Trinajstić information content (AvgIpc) is 2.51. The molecular formula is C15H16N2O5. The van der Waals surface area contributed by atoms with Crippen molar-refractivity contribution in [2.45, 2.75) is 19.4 Å². The Hall–Kier alpha value is -2.88. The number of methoxy groups -OCH3 is 1. The molecule has 0 saturated carbocycles. The fraction of sp³-hybridized carbons (Fsp3) is 0.333. The molecule has 0 fully saturated rings. The van der Waals surface area contributed by atoms with Gasteiger partial charge in [-0.25, -0.2) is 9.59 Å². The van der Waals surface area contributed by atoms with E-state index in [0.29, 0.717) is 0 Å². The summed E-state index contributed by atoms with van der Waals surface area (Å²) in [5, 5.41) is 20.1. The summed E-state index contributed by atoms with van der Waals surface area (Å²) >= 11 is 0. The molecule has 0 heterocycles. The van der Waals surface area contributed by atoms with Gasteiger partial charge in [0.1, 0.15) is 6.04 Å². The van der Waals surface area contributed by atoms with E-state index in [2.05, 4.69) is 10.1 Å². The smallest absolute Gasteiger partial charge is 0.337 e. The maximum absolute atomic E-state index is 12.1. The number of nitrogens with one attached hydrogen (secondary N) is 1. The van der Waals surface area contributed by atoms with Gasteiger partial charge in [-0.1, -0.05) is 13.0 Å². The van der Waals surface area contributed by atoms with Crippen LogP contribution < -0.4 is 5.32 Å². The number of carboxylic acid groups (broad SMARTS) is 1. The lowest BCUT2D eigenvalue weighted by Crippen LogP contribution is -2.45. The number of carbonyl (C=O) groups excluding carboxylic acids is 2. The van der Waals surface area contributed by atoms with Crippen LogP contribution in [0.5, 0.6) is 0 Å². The van der Waals surface area contributed by atoms with Gasteiger partial charge in [0.25, 0.3) is 5.91 Å². The molecule has 7 heteroatoms. The van der Waals surface area contributed by atoms with Gasteiger partial charge < -0.3 is 15.2 Å². The Balaban J connectivity index is 2.93. The second-order valence-electron chi connectivity index (χ2n) is 4.70. The van der Waals surface area contributed by atoms with E-state index in [1.165, 1.54) is 31.4 Å². The molecule has 0 saturated heterocycles. The van der Waals surface area contributed by atoms with Crippen molar-refractivity contribution in [3.63, 3.8) is 0 Å². The predicted molar refractivity (Wildman–Crippen MR) is 76.1 cm³/mol. The molecule has 2 N–H and O–H groups in total. The number of benzene rings is 1. The molecule has 0 spiro atoms. The van der Waals surface area contributed by atoms with Gasteiger partial charge in [0.2, 0.25) is 0 Å². The maximum Gasteiger partial charge on any atom is 0.337 e. The number of esters is 1. The highest BCUT2D eigenvalue weighted by atomic mass is 16.5. The Bertz CT molecular complexity index is 621. The summed E-state index contributed by atoms with van der Waals surface area (Å²) in [7, 11) is 1.22. The van der Waals surface area contributed by atoms with Crippen LogP contribution in [-0.2, 0) is 9.53 Å². The van der Waals surface area contributed by atoms with Crippen molar-refractivity contribution < 1.29 is 24.2 Å². The fourth-order valence-corrected chi connectivity index (χ4v) is 1.84. The summed E-state index contributed by atoms with van der Waals surface area (Å²) in [6, 6.07) is 6.43. The Morgan fingerprint density at radius 2 is 2.00 bits per heavy atom. The summed E-state index contributed by atoms with van der Waals surface area (Å²) in [6.07, 6.45) is -0.000549. The summed E-state index contributed by atoms with van der Waals surface area (Å²) < 4.78 is 4.56. The number of hydrogen-bond donors (Lipinski definition) is 2. The zero-order valence-corrected chi connectivity index (χ0v) is 12.2. The third kappa shape index (κ3) is 4.31. The number of hydrogen-bond acceptors (Lipinski definition) is 5. The SMILES string of the molecule is COC(=O)c1cccc(C(=O)N[C@H](C(=O)O)[C@H](C)CC#N)c1. The molecule has 1 aromatic carbocycles. The van der Waals surface area contributed by atoms with Gasteiger partial charge in [-0.3, -0.25) is 4.79 Å². The number of carboxylic acids is 1. The van der Waals surface area contributed by atoms with Crippen molar-refractivity contribution in [2.24, 2.45) is 5.92 Å². The standard InChI is InChI=1S/C15H16N2O5/c1-9(6-7-16)12(14(19)20)17-13(18)10-4-3-5-11(8-10)15(21)22-2/h3-5,8-9,12H,6H2,1-2H3,(H,17,18)(H,19,20)/t9-,12+/m1/s1. The maximum atomic E-state index is 12.1. The Morgan fingerprint density at radius 1 is 1.36 bits per heavy atom. The van der Waals surface area contributed by atoms with E-state index in [9.17, 15) is 14.4 Å². The van der Waals surface area contributed by atoms with Crippen molar-refractivity contribution in [2.75, 3.05) is 7.11 Å². The van der Waals surface area contributed by atoms with Crippen LogP contribution >= 0.6 is 0 Å². The van der Waals surface area contributed by atoms with Crippen LogP contribution in [0.4, 0.5) is 0 Å². The summed E-state index contributed by atoms with van der Waals surface area (Å²) in [5.41, 5.74) is 0.324. The normalized spacial score (nSPS) is 12.6. The van der Waals surface area contributed by atoms with Crippen LogP contribution in [0, 0.1) is 17.2 Å². The first-order valence-electron chi connectivity index (χ1n) is 6.49. The first-order chi connectivity index (χ1) is 10.4. The van der Waals surface area contributed by atoms with E-state index in [1.54, 1.807) is 6.92 Å². The zero-order chi connectivity index (χ0) is 16.7. The van der Waals surface area contributed by atoms with E-state index < -0.39 is 29.8 Å². The fourth-order valence-electron chi connectivity index (χ4n) is 1.84. The molecule has 1 rings (SSSR count). The molecule has 0 bridgehead atoms. The predicted octanol–water partition coefficient (Wildman–Crippen LogP) is 1.21. The van der Waals surface area contributed by atoms with Crippen LogP contribution in [0.3, 0.4) is 0 Å². The van der Waals surface area contributed by atoms with Gasteiger partial charge in [-0.05, 0) is 18.2 Å². The molecule has 0 aliphatic heterocycles. The molecule has 0 aliphatic rings. The topological polar surface area (TPSA) is 116 Å². The van der Waals surface area contributed by atoms with Crippen molar-refractivity contribution >= 4 is 17.8 Å². The van der Waals surface area contributed by atoms with E-state index in [0.717, 1.165) is 0 Å². The van der Waals surface area contributed by atoms with Crippen LogP contribution in [0.1, 0.15) is 34.1 Å². The monoisotopic (exact) mass is 304 g/mol. The molecule has 7 nitrogen and oxygen atoms in total. The first-order valence-corrected chi connectivity index (χ1v) is 6.49. The Morgan fingerprint density at radius 3 is 2.55 bits per heavy atom. The number of carbonyl (C=O) groups is 3. The molecule has 0 aliphatic carbocycles. The van der Waals surface area contributed by atoms with Gasteiger partial charge in [0, 0.05) is 17.9 Å². The van der Waals surface area contributed by atoms with E-state index in [4.69, 9.17) is 10.4 Å². The number of ether oxygens (including phenoxy) is 1. The van der Waals surface area contributed by atoms with E-state index >= 15 is 0 Å². The lowest BCUT2D eigenvalue weighted by Gasteiger charge is -2.19. The highest BCUT2D eigenvalue weighted by molar-refractivity contribution is 5.99.